The maximum atomic E-state index is 6.10. The van der Waals surface area contributed by atoms with Crippen molar-refractivity contribution in [3.63, 3.8) is 0 Å². The van der Waals surface area contributed by atoms with E-state index < -0.39 is 0 Å². The van der Waals surface area contributed by atoms with E-state index in [0.717, 1.165) is 45.8 Å². The summed E-state index contributed by atoms with van der Waals surface area (Å²) in [4.78, 5) is 8.86. The molecular weight excluding hydrogens is 350 g/mol. The predicted molar refractivity (Wildman–Crippen MR) is 111 cm³/mol. The number of H-pyrrole nitrogens is 1. The Bertz CT molecular complexity index is 1100. The van der Waals surface area contributed by atoms with Crippen molar-refractivity contribution in [1.29, 1.82) is 0 Å². The van der Waals surface area contributed by atoms with Crippen LogP contribution in [0.25, 0.3) is 21.8 Å². The Labute approximate surface area is 163 Å². The Morgan fingerprint density at radius 1 is 1.04 bits per heavy atom. The van der Waals surface area contributed by atoms with Crippen molar-refractivity contribution in [2.75, 3.05) is 11.9 Å². The highest BCUT2D eigenvalue weighted by molar-refractivity contribution is 5.92. The topological polar surface area (TPSA) is 75.7 Å². The molecule has 2 N–H and O–H groups in total. The van der Waals surface area contributed by atoms with Crippen LogP contribution in [0.5, 0.6) is 5.88 Å². The molecule has 1 aromatic carbocycles. The number of anilines is 2. The van der Waals surface area contributed by atoms with Crippen molar-refractivity contribution >= 4 is 33.3 Å². The molecule has 4 aromatic rings. The van der Waals surface area contributed by atoms with Crippen molar-refractivity contribution in [3.8, 4) is 5.88 Å². The minimum absolute atomic E-state index is 0.659. The van der Waals surface area contributed by atoms with Gasteiger partial charge in [-0.2, -0.15) is 5.10 Å². The van der Waals surface area contributed by atoms with Crippen LogP contribution in [0.3, 0.4) is 0 Å². The van der Waals surface area contributed by atoms with Gasteiger partial charge in [0.2, 0.25) is 5.88 Å². The Morgan fingerprint density at radius 2 is 1.96 bits per heavy atom. The van der Waals surface area contributed by atoms with Gasteiger partial charge in [-0.25, -0.2) is 4.98 Å². The van der Waals surface area contributed by atoms with Crippen LogP contribution in [0.1, 0.15) is 32.1 Å². The second-order valence-corrected chi connectivity index (χ2v) is 7.46. The van der Waals surface area contributed by atoms with Crippen LogP contribution < -0.4 is 10.1 Å². The van der Waals surface area contributed by atoms with E-state index in [2.05, 4.69) is 37.6 Å². The van der Waals surface area contributed by atoms with Crippen molar-refractivity contribution in [3.05, 3.63) is 48.8 Å². The molecule has 6 nitrogen and oxygen atoms in total. The minimum atomic E-state index is 0.659. The molecule has 5 rings (SSSR count). The van der Waals surface area contributed by atoms with E-state index in [1.807, 2.05) is 30.5 Å². The Morgan fingerprint density at radius 3 is 2.89 bits per heavy atom. The highest BCUT2D eigenvalue weighted by Gasteiger charge is 2.15. The van der Waals surface area contributed by atoms with Crippen LogP contribution in [0.15, 0.2) is 48.8 Å². The average molecular weight is 373 g/mol. The first-order chi connectivity index (χ1) is 13.9. The van der Waals surface area contributed by atoms with E-state index >= 15 is 0 Å². The molecule has 1 aliphatic rings. The van der Waals surface area contributed by atoms with Gasteiger partial charge in [-0.1, -0.05) is 19.3 Å². The maximum absolute atomic E-state index is 6.10. The average Bonchev–Trinajstić information content (AvgIpc) is 3.16. The lowest BCUT2D eigenvalue weighted by molar-refractivity contribution is 0.205. The molecule has 0 spiro atoms. The summed E-state index contributed by atoms with van der Waals surface area (Å²) in [5.41, 5.74) is 2.69. The van der Waals surface area contributed by atoms with Crippen LogP contribution in [-0.4, -0.2) is 26.8 Å². The largest absolute Gasteiger partial charge is 0.477 e. The fourth-order valence-corrected chi connectivity index (χ4v) is 3.97. The van der Waals surface area contributed by atoms with Gasteiger partial charge in [0.25, 0.3) is 0 Å². The van der Waals surface area contributed by atoms with E-state index in [9.17, 15) is 0 Å². The van der Waals surface area contributed by atoms with E-state index in [-0.39, 0.29) is 0 Å². The first-order valence-electron chi connectivity index (χ1n) is 9.94. The molecule has 28 heavy (non-hydrogen) atoms. The van der Waals surface area contributed by atoms with Crippen LogP contribution >= 0.6 is 0 Å². The number of ether oxygens (including phenoxy) is 1. The Balaban J connectivity index is 1.37. The molecule has 0 bridgehead atoms. The van der Waals surface area contributed by atoms with Crippen LogP contribution in [0.4, 0.5) is 11.5 Å². The molecule has 6 heteroatoms. The van der Waals surface area contributed by atoms with Gasteiger partial charge in [0, 0.05) is 23.5 Å². The fraction of sp³-hybridized carbons (Fsp3) is 0.318. The van der Waals surface area contributed by atoms with Crippen LogP contribution in [0, 0.1) is 5.92 Å². The minimum Gasteiger partial charge on any atom is -0.477 e. The molecule has 3 aromatic heterocycles. The zero-order valence-electron chi connectivity index (χ0n) is 15.7. The number of aromatic amines is 1. The maximum Gasteiger partial charge on any atom is 0.221 e. The smallest absolute Gasteiger partial charge is 0.221 e. The summed E-state index contributed by atoms with van der Waals surface area (Å²) in [6.45, 7) is 0.761. The van der Waals surface area contributed by atoms with Gasteiger partial charge in [0.05, 0.1) is 12.1 Å². The Kier molecular flexibility index (Phi) is 4.53. The standard InChI is InChI=1S/C22H23N5O/c1-2-5-15(6-3-1)14-28-22-18-9-8-17(13-16(18)10-12-24-22)25-21-20-19(26-27-21)7-4-11-23-20/h4,7-13,15H,1-3,5-6,14H2,(H2,25,26,27). The number of fused-ring (bicyclic) bond motifs is 2. The predicted octanol–water partition coefficient (Wildman–Crippen LogP) is 5.21. The number of aromatic nitrogens is 4. The van der Waals surface area contributed by atoms with Crippen molar-refractivity contribution in [2.24, 2.45) is 5.92 Å². The molecule has 1 saturated carbocycles. The van der Waals surface area contributed by atoms with Gasteiger partial charge >= 0.3 is 0 Å². The SMILES string of the molecule is c1cnc2c(Nc3ccc4c(OCC5CCCCC5)nccc4c3)n[nH]c2c1. The second kappa shape index (κ2) is 7.46. The highest BCUT2D eigenvalue weighted by Crippen LogP contribution is 2.30. The zero-order valence-corrected chi connectivity index (χ0v) is 15.7. The van der Waals surface area contributed by atoms with Crippen molar-refractivity contribution < 1.29 is 4.74 Å². The number of rotatable bonds is 5. The molecular formula is C22H23N5O. The first kappa shape index (κ1) is 17.0. The fourth-order valence-electron chi connectivity index (χ4n) is 3.97. The molecule has 0 atom stereocenters. The molecule has 1 aliphatic carbocycles. The third kappa shape index (κ3) is 3.38. The summed E-state index contributed by atoms with van der Waals surface area (Å²) in [6, 6.07) is 12.0. The van der Waals surface area contributed by atoms with Crippen LogP contribution in [-0.2, 0) is 0 Å². The van der Waals surface area contributed by atoms with E-state index in [0.29, 0.717) is 5.92 Å². The molecule has 0 unspecified atom stereocenters. The highest BCUT2D eigenvalue weighted by atomic mass is 16.5. The summed E-state index contributed by atoms with van der Waals surface area (Å²) >= 11 is 0. The number of pyridine rings is 2. The molecule has 0 aliphatic heterocycles. The third-order valence-electron chi connectivity index (χ3n) is 5.49. The quantitative estimate of drug-likeness (QED) is 0.502. The van der Waals surface area contributed by atoms with E-state index in [1.165, 1.54) is 32.1 Å². The summed E-state index contributed by atoms with van der Waals surface area (Å²) in [6.07, 6.45) is 10.1. The number of nitrogens with one attached hydrogen (secondary N) is 2. The summed E-state index contributed by atoms with van der Waals surface area (Å²) in [5.74, 6) is 2.10. The molecule has 0 radical (unpaired) electrons. The monoisotopic (exact) mass is 373 g/mol. The summed E-state index contributed by atoms with van der Waals surface area (Å²) in [5, 5.41) is 12.8. The Hall–Kier alpha value is -3.15. The van der Waals surface area contributed by atoms with Crippen molar-refractivity contribution in [1.82, 2.24) is 20.2 Å². The number of benzene rings is 1. The summed E-state index contributed by atoms with van der Waals surface area (Å²) in [7, 11) is 0. The summed E-state index contributed by atoms with van der Waals surface area (Å²) < 4.78 is 6.10. The van der Waals surface area contributed by atoms with Gasteiger partial charge in [-0.05, 0) is 60.5 Å². The van der Waals surface area contributed by atoms with Crippen molar-refractivity contribution in [2.45, 2.75) is 32.1 Å². The van der Waals surface area contributed by atoms with Crippen LogP contribution in [0.2, 0.25) is 0 Å². The number of hydrogen-bond donors (Lipinski definition) is 2. The number of nitrogens with zero attached hydrogens (tertiary/aromatic N) is 3. The lowest BCUT2D eigenvalue weighted by atomic mass is 9.90. The first-order valence-corrected chi connectivity index (χ1v) is 9.94. The number of hydrogen-bond acceptors (Lipinski definition) is 5. The van der Waals surface area contributed by atoms with E-state index in [4.69, 9.17) is 4.74 Å². The van der Waals surface area contributed by atoms with Gasteiger partial charge in [0.15, 0.2) is 5.82 Å². The normalized spacial score (nSPS) is 15.1. The molecule has 1 fully saturated rings. The second-order valence-electron chi connectivity index (χ2n) is 7.46. The lowest BCUT2D eigenvalue weighted by Crippen LogP contribution is -2.15. The van der Waals surface area contributed by atoms with Gasteiger partial charge < -0.3 is 10.1 Å². The van der Waals surface area contributed by atoms with Gasteiger partial charge in [0.1, 0.15) is 5.52 Å². The molecule has 3 heterocycles. The van der Waals surface area contributed by atoms with Gasteiger partial charge in [-0.15, -0.1) is 0 Å². The lowest BCUT2D eigenvalue weighted by Gasteiger charge is -2.21. The zero-order chi connectivity index (χ0) is 18.8. The molecule has 0 saturated heterocycles. The molecule has 142 valence electrons. The third-order valence-corrected chi connectivity index (χ3v) is 5.49. The van der Waals surface area contributed by atoms with Gasteiger partial charge in [-0.3, -0.25) is 10.1 Å². The van der Waals surface area contributed by atoms with E-state index in [1.54, 1.807) is 6.20 Å². The molecule has 0 amide bonds.